The summed E-state index contributed by atoms with van der Waals surface area (Å²) >= 11 is 0. The Morgan fingerprint density at radius 3 is 2.93 bits per heavy atom. The predicted octanol–water partition coefficient (Wildman–Crippen LogP) is 1.88. The van der Waals surface area contributed by atoms with Gasteiger partial charge in [-0.2, -0.15) is 0 Å². The van der Waals surface area contributed by atoms with Gasteiger partial charge in [0.25, 0.3) is 5.69 Å². The van der Waals surface area contributed by atoms with Gasteiger partial charge < -0.3 is 0 Å². The van der Waals surface area contributed by atoms with Crippen molar-refractivity contribution in [1.29, 1.82) is 0 Å². The zero-order chi connectivity index (χ0) is 10.1. The van der Waals surface area contributed by atoms with Crippen molar-refractivity contribution < 1.29 is 9.72 Å². The van der Waals surface area contributed by atoms with Gasteiger partial charge in [-0.15, -0.1) is 0 Å². The number of non-ortho nitro benzene ring substituents is 1. The second-order valence-electron chi connectivity index (χ2n) is 2.90. The van der Waals surface area contributed by atoms with Crippen LogP contribution in [0.25, 0.3) is 0 Å². The van der Waals surface area contributed by atoms with E-state index in [1.54, 1.807) is 0 Å². The fourth-order valence-corrected chi connectivity index (χ4v) is 1.31. The molecule has 0 bridgehead atoms. The number of benzene rings is 1. The van der Waals surface area contributed by atoms with Crippen molar-refractivity contribution in [2.45, 2.75) is 6.42 Å². The minimum atomic E-state index is -0.522. The molecule has 0 unspecified atom stereocenters. The highest BCUT2D eigenvalue weighted by molar-refractivity contribution is 6.10. The lowest BCUT2D eigenvalue weighted by atomic mass is 10.0. The molecule has 1 aromatic rings. The van der Waals surface area contributed by atoms with Gasteiger partial charge in [-0.05, 0) is 6.07 Å². The molecule has 0 aromatic heterocycles. The Labute approximate surface area is 79.2 Å². The molecule has 2 rings (SSSR count). The Kier molecular flexibility index (Phi) is 1.85. The van der Waals surface area contributed by atoms with Crippen LogP contribution in [-0.4, -0.2) is 16.9 Å². The zero-order valence-corrected chi connectivity index (χ0v) is 7.14. The van der Waals surface area contributed by atoms with Gasteiger partial charge in [0.1, 0.15) is 0 Å². The van der Waals surface area contributed by atoms with E-state index >= 15 is 0 Å². The van der Waals surface area contributed by atoms with E-state index in [1.807, 2.05) is 0 Å². The smallest absolute Gasteiger partial charge is 0.270 e. The summed E-state index contributed by atoms with van der Waals surface area (Å²) in [7, 11) is 0. The number of nitrogens with zero attached hydrogens (tertiary/aromatic N) is 2. The lowest BCUT2D eigenvalue weighted by Gasteiger charge is -2.06. The lowest BCUT2D eigenvalue weighted by Crippen LogP contribution is -2.05. The first-order chi connectivity index (χ1) is 6.68. The van der Waals surface area contributed by atoms with E-state index in [-0.39, 0.29) is 17.9 Å². The van der Waals surface area contributed by atoms with E-state index in [0.29, 0.717) is 11.3 Å². The van der Waals surface area contributed by atoms with Crippen molar-refractivity contribution >= 4 is 23.4 Å². The normalized spacial score (nSPS) is 13.9. The average molecular weight is 190 g/mol. The third kappa shape index (κ3) is 1.28. The minimum Gasteiger partial charge on any atom is -0.294 e. The van der Waals surface area contributed by atoms with Gasteiger partial charge in [0.15, 0.2) is 5.78 Å². The monoisotopic (exact) mass is 190 g/mol. The van der Waals surface area contributed by atoms with Crippen molar-refractivity contribution in [2.24, 2.45) is 4.99 Å². The summed E-state index contributed by atoms with van der Waals surface area (Å²) in [6.07, 6.45) is 1.73. The summed E-state index contributed by atoms with van der Waals surface area (Å²) in [5.41, 5.74) is 0.766. The summed E-state index contributed by atoms with van der Waals surface area (Å²) in [5, 5.41) is 10.4. The van der Waals surface area contributed by atoms with Crippen molar-refractivity contribution in [3.8, 4) is 0 Å². The van der Waals surface area contributed by atoms with Gasteiger partial charge in [-0.1, -0.05) is 0 Å². The molecule has 0 fully saturated rings. The van der Waals surface area contributed by atoms with E-state index in [9.17, 15) is 14.9 Å². The zero-order valence-electron chi connectivity index (χ0n) is 7.14. The van der Waals surface area contributed by atoms with Crippen LogP contribution >= 0.6 is 0 Å². The van der Waals surface area contributed by atoms with Crippen LogP contribution in [0, 0.1) is 10.1 Å². The maximum atomic E-state index is 11.3. The second-order valence-corrected chi connectivity index (χ2v) is 2.90. The topological polar surface area (TPSA) is 72.6 Å². The molecule has 5 heteroatoms. The third-order valence-electron chi connectivity index (χ3n) is 2.00. The van der Waals surface area contributed by atoms with E-state index in [2.05, 4.69) is 4.99 Å². The first-order valence-corrected chi connectivity index (χ1v) is 4.02. The molecular weight excluding hydrogens is 184 g/mol. The van der Waals surface area contributed by atoms with Crippen LogP contribution in [0.1, 0.15) is 16.8 Å². The molecule has 0 radical (unpaired) electrons. The van der Waals surface area contributed by atoms with Gasteiger partial charge in [0.05, 0.1) is 16.2 Å². The molecule has 70 valence electrons. The summed E-state index contributed by atoms with van der Waals surface area (Å²) in [6.45, 7) is 0. The number of rotatable bonds is 1. The Morgan fingerprint density at radius 2 is 2.21 bits per heavy atom. The van der Waals surface area contributed by atoms with Gasteiger partial charge in [0, 0.05) is 24.8 Å². The summed E-state index contributed by atoms with van der Waals surface area (Å²) < 4.78 is 0. The molecule has 0 atom stereocenters. The largest absolute Gasteiger partial charge is 0.294 e. The molecule has 0 saturated carbocycles. The number of hydrogen-bond acceptors (Lipinski definition) is 4. The second kappa shape index (κ2) is 3.02. The first-order valence-electron chi connectivity index (χ1n) is 4.02. The van der Waals surface area contributed by atoms with Crippen LogP contribution < -0.4 is 0 Å². The van der Waals surface area contributed by atoms with Crippen LogP contribution in [0.4, 0.5) is 11.4 Å². The molecule has 14 heavy (non-hydrogen) atoms. The number of hydrogen-bond donors (Lipinski definition) is 0. The maximum Gasteiger partial charge on any atom is 0.270 e. The molecule has 1 aromatic carbocycles. The number of carbonyl (C=O) groups excluding carboxylic acids is 1. The molecule has 0 amide bonds. The van der Waals surface area contributed by atoms with Gasteiger partial charge in [0.2, 0.25) is 0 Å². The van der Waals surface area contributed by atoms with E-state index in [0.717, 1.165) is 0 Å². The number of nitro groups is 1. The van der Waals surface area contributed by atoms with Crippen molar-refractivity contribution in [3.05, 3.63) is 33.9 Å². The molecule has 1 heterocycles. The van der Waals surface area contributed by atoms with Crippen LogP contribution in [0.15, 0.2) is 23.2 Å². The number of carbonyl (C=O) groups is 1. The summed E-state index contributed by atoms with van der Waals surface area (Å²) in [6, 6.07) is 4.10. The lowest BCUT2D eigenvalue weighted by molar-refractivity contribution is -0.384. The molecule has 0 spiro atoms. The first kappa shape index (κ1) is 8.55. The fourth-order valence-electron chi connectivity index (χ4n) is 1.31. The molecule has 0 saturated heterocycles. The van der Waals surface area contributed by atoms with Crippen LogP contribution in [0.2, 0.25) is 0 Å². The Hall–Kier alpha value is -2.04. The number of nitro benzene ring substituents is 1. The Morgan fingerprint density at radius 1 is 1.43 bits per heavy atom. The molecule has 1 aliphatic heterocycles. The predicted molar refractivity (Wildman–Crippen MR) is 50.2 cm³/mol. The van der Waals surface area contributed by atoms with Crippen LogP contribution in [0.3, 0.4) is 0 Å². The quantitative estimate of drug-likeness (QED) is 0.501. The standard InChI is InChI=1S/C9H6N2O3/c12-9-3-4-10-8-2-1-6(11(13)14)5-7(8)9/h1-2,4-5H,3H2. The Balaban J connectivity index is 2.57. The number of Topliss-reactive ketones (excluding diaryl/α,β-unsaturated/α-hetero) is 1. The SMILES string of the molecule is O=C1CC=Nc2ccc([N+](=O)[O-])cc21. The maximum absolute atomic E-state index is 11.3. The highest BCUT2D eigenvalue weighted by Gasteiger charge is 2.17. The minimum absolute atomic E-state index is 0.0748. The fraction of sp³-hybridized carbons (Fsp3) is 0.111. The Bertz CT molecular complexity index is 451. The van der Waals surface area contributed by atoms with E-state index in [4.69, 9.17) is 0 Å². The van der Waals surface area contributed by atoms with Crippen molar-refractivity contribution in [2.75, 3.05) is 0 Å². The summed E-state index contributed by atoms with van der Waals surface area (Å²) in [5.74, 6) is -0.126. The molecular formula is C9H6N2O3. The molecule has 0 aliphatic carbocycles. The van der Waals surface area contributed by atoms with E-state index < -0.39 is 4.92 Å². The van der Waals surface area contributed by atoms with Crippen LogP contribution in [-0.2, 0) is 0 Å². The highest BCUT2D eigenvalue weighted by Crippen LogP contribution is 2.27. The van der Waals surface area contributed by atoms with Gasteiger partial charge >= 0.3 is 0 Å². The molecule has 1 aliphatic rings. The average Bonchev–Trinajstić information content (AvgIpc) is 2.18. The number of ketones is 1. The number of fused-ring (bicyclic) bond motifs is 1. The van der Waals surface area contributed by atoms with Crippen LogP contribution in [0.5, 0.6) is 0 Å². The van der Waals surface area contributed by atoms with Gasteiger partial charge in [-0.3, -0.25) is 19.9 Å². The third-order valence-corrected chi connectivity index (χ3v) is 2.00. The van der Waals surface area contributed by atoms with Crippen molar-refractivity contribution in [1.82, 2.24) is 0 Å². The molecule has 0 N–H and O–H groups in total. The van der Waals surface area contributed by atoms with Gasteiger partial charge in [-0.25, -0.2) is 0 Å². The highest BCUT2D eigenvalue weighted by atomic mass is 16.6. The summed E-state index contributed by atoms with van der Waals surface area (Å²) in [4.78, 5) is 25.2. The number of aliphatic imine (C=N–C) groups is 1. The van der Waals surface area contributed by atoms with E-state index in [1.165, 1.54) is 24.4 Å². The van der Waals surface area contributed by atoms with Crippen molar-refractivity contribution in [3.63, 3.8) is 0 Å². The molecule has 5 nitrogen and oxygen atoms in total.